The molecule has 1 heterocycles. The predicted octanol–water partition coefficient (Wildman–Crippen LogP) is 1.34. The highest BCUT2D eigenvalue weighted by Crippen LogP contribution is 2.14. The Labute approximate surface area is 56.1 Å². The first-order valence-corrected chi connectivity index (χ1v) is 3.51. The van der Waals surface area contributed by atoms with E-state index in [2.05, 4.69) is 13.1 Å². The number of hydrogen-bond donors (Lipinski definition) is 0. The second kappa shape index (κ2) is 2.72. The molecule has 1 unspecified atom stereocenters. The van der Waals surface area contributed by atoms with E-state index in [-0.39, 0.29) is 0 Å². The Morgan fingerprint density at radius 3 is 2.78 bits per heavy atom. The van der Waals surface area contributed by atoms with Crippen molar-refractivity contribution in [1.82, 2.24) is 4.90 Å². The summed E-state index contributed by atoms with van der Waals surface area (Å²) in [6.07, 6.45) is 5.86. The van der Waals surface area contributed by atoms with E-state index in [0.29, 0.717) is 6.04 Å². The molecule has 0 bridgehead atoms. The fraction of sp³-hybridized carbons (Fsp3) is 0.857. The van der Waals surface area contributed by atoms with Crippen LogP contribution in [0.5, 0.6) is 0 Å². The molecular formula is C7H12N2. The monoisotopic (exact) mass is 124 g/mol. The maximum atomic E-state index is 8.54. The van der Waals surface area contributed by atoms with Gasteiger partial charge in [-0.25, -0.2) is 0 Å². The topological polar surface area (TPSA) is 27.0 Å². The minimum absolute atomic E-state index is 0.490. The third kappa shape index (κ3) is 1.35. The van der Waals surface area contributed by atoms with Crippen LogP contribution in [0.4, 0.5) is 0 Å². The lowest BCUT2D eigenvalue weighted by molar-refractivity contribution is 0.240. The van der Waals surface area contributed by atoms with Gasteiger partial charge in [0, 0.05) is 12.6 Å². The fourth-order valence-corrected chi connectivity index (χ4v) is 1.25. The van der Waals surface area contributed by atoms with Gasteiger partial charge >= 0.3 is 0 Å². The molecule has 1 fully saturated rings. The minimum atomic E-state index is 0.490. The van der Waals surface area contributed by atoms with E-state index in [1.54, 1.807) is 0 Å². The molecule has 0 aromatic heterocycles. The average Bonchev–Trinajstić information content (AvgIpc) is 1.89. The van der Waals surface area contributed by atoms with Gasteiger partial charge in [-0.3, -0.25) is 0 Å². The Kier molecular flexibility index (Phi) is 1.94. The lowest BCUT2D eigenvalue weighted by Gasteiger charge is -2.27. The van der Waals surface area contributed by atoms with Crippen LogP contribution in [0.3, 0.4) is 0 Å². The number of likely N-dealkylation sites (tertiary alicyclic amines) is 1. The molecule has 0 N–H and O–H groups in total. The van der Waals surface area contributed by atoms with Crippen molar-refractivity contribution in [2.45, 2.75) is 32.2 Å². The van der Waals surface area contributed by atoms with Crippen LogP contribution in [0, 0.1) is 11.5 Å². The van der Waals surface area contributed by atoms with Crippen LogP contribution < -0.4 is 0 Å². The first-order valence-electron chi connectivity index (χ1n) is 3.51. The van der Waals surface area contributed by atoms with Gasteiger partial charge in [0.25, 0.3) is 0 Å². The van der Waals surface area contributed by atoms with Crippen LogP contribution in [-0.2, 0) is 0 Å². The zero-order valence-electron chi connectivity index (χ0n) is 5.80. The van der Waals surface area contributed by atoms with E-state index in [0.717, 1.165) is 6.54 Å². The maximum Gasteiger partial charge on any atom is 0.179 e. The standard InChI is InChI=1S/C7H12N2/c1-7-4-2-3-5-9(7)6-8/h7H,2-5H2,1H3. The van der Waals surface area contributed by atoms with Crippen molar-refractivity contribution in [3.05, 3.63) is 0 Å². The molecule has 2 heteroatoms. The summed E-state index contributed by atoms with van der Waals surface area (Å²) in [5.74, 6) is 0. The Balaban J connectivity index is 2.41. The third-order valence-corrected chi connectivity index (χ3v) is 1.93. The van der Waals surface area contributed by atoms with Crippen molar-refractivity contribution in [2.24, 2.45) is 0 Å². The Morgan fingerprint density at radius 1 is 1.56 bits per heavy atom. The molecular weight excluding hydrogens is 112 g/mol. The molecule has 0 aromatic carbocycles. The quantitative estimate of drug-likeness (QED) is 0.456. The van der Waals surface area contributed by atoms with Crippen molar-refractivity contribution >= 4 is 0 Å². The van der Waals surface area contributed by atoms with Crippen LogP contribution in [-0.4, -0.2) is 17.5 Å². The minimum Gasteiger partial charge on any atom is -0.308 e. The van der Waals surface area contributed by atoms with E-state index in [1.165, 1.54) is 19.3 Å². The lowest BCUT2D eigenvalue weighted by atomic mass is 10.1. The van der Waals surface area contributed by atoms with E-state index >= 15 is 0 Å². The Morgan fingerprint density at radius 2 is 2.33 bits per heavy atom. The lowest BCUT2D eigenvalue weighted by Crippen LogP contribution is -2.33. The van der Waals surface area contributed by atoms with Crippen LogP contribution >= 0.6 is 0 Å². The zero-order valence-corrected chi connectivity index (χ0v) is 5.80. The Bertz CT molecular complexity index is 125. The maximum absolute atomic E-state index is 8.54. The largest absolute Gasteiger partial charge is 0.308 e. The highest BCUT2D eigenvalue weighted by Gasteiger charge is 2.15. The molecule has 1 aliphatic rings. The van der Waals surface area contributed by atoms with Gasteiger partial charge in [-0.15, -0.1) is 0 Å². The van der Waals surface area contributed by atoms with E-state index in [9.17, 15) is 0 Å². The van der Waals surface area contributed by atoms with Gasteiger partial charge in [0.1, 0.15) is 0 Å². The highest BCUT2D eigenvalue weighted by atomic mass is 15.1. The van der Waals surface area contributed by atoms with Crippen molar-refractivity contribution in [1.29, 1.82) is 5.26 Å². The highest BCUT2D eigenvalue weighted by molar-refractivity contribution is 4.82. The van der Waals surface area contributed by atoms with Gasteiger partial charge in [-0.1, -0.05) is 0 Å². The van der Waals surface area contributed by atoms with Crippen LogP contribution in [0.2, 0.25) is 0 Å². The molecule has 0 saturated carbocycles. The molecule has 9 heavy (non-hydrogen) atoms. The molecule has 1 aliphatic heterocycles. The molecule has 0 spiro atoms. The van der Waals surface area contributed by atoms with Crippen LogP contribution in [0.25, 0.3) is 0 Å². The summed E-state index contributed by atoms with van der Waals surface area (Å²) in [7, 11) is 0. The molecule has 2 nitrogen and oxygen atoms in total. The van der Waals surface area contributed by atoms with E-state index in [4.69, 9.17) is 5.26 Å². The summed E-state index contributed by atoms with van der Waals surface area (Å²) in [6, 6.07) is 0.490. The number of nitriles is 1. The number of rotatable bonds is 0. The first kappa shape index (κ1) is 6.41. The van der Waals surface area contributed by atoms with Crippen molar-refractivity contribution in [2.75, 3.05) is 6.54 Å². The first-order chi connectivity index (χ1) is 4.34. The summed E-state index contributed by atoms with van der Waals surface area (Å²) >= 11 is 0. The van der Waals surface area contributed by atoms with Gasteiger partial charge < -0.3 is 4.90 Å². The number of hydrogen-bond acceptors (Lipinski definition) is 2. The SMILES string of the molecule is CC1CCCCN1C#N. The van der Waals surface area contributed by atoms with E-state index in [1.807, 2.05) is 4.90 Å². The molecule has 0 aliphatic carbocycles. The van der Waals surface area contributed by atoms with Crippen molar-refractivity contribution in [3.8, 4) is 6.19 Å². The molecule has 1 saturated heterocycles. The second-order valence-electron chi connectivity index (χ2n) is 2.64. The number of piperidine rings is 1. The summed E-state index contributed by atoms with van der Waals surface area (Å²) in [5.41, 5.74) is 0. The fourth-order valence-electron chi connectivity index (χ4n) is 1.25. The molecule has 0 amide bonds. The summed E-state index contributed by atoms with van der Waals surface area (Å²) < 4.78 is 0. The van der Waals surface area contributed by atoms with Crippen molar-refractivity contribution < 1.29 is 0 Å². The summed E-state index contributed by atoms with van der Waals surface area (Å²) in [4.78, 5) is 1.86. The smallest absolute Gasteiger partial charge is 0.179 e. The zero-order chi connectivity index (χ0) is 6.69. The van der Waals surface area contributed by atoms with Gasteiger partial charge in [0.15, 0.2) is 6.19 Å². The van der Waals surface area contributed by atoms with E-state index < -0.39 is 0 Å². The summed E-state index contributed by atoms with van der Waals surface area (Å²) in [6.45, 7) is 3.08. The summed E-state index contributed by atoms with van der Waals surface area (Å²) in [5, 5.41) is 8.54. The molecule has 0 aromatic rings. The normalized spacial score (nSPS) is 27.6. The second-order valence-corrected chi connectivity index (χ2v) is 2.64. The van der Waals surface area contributed by atoms with Crippen molar-refractivity contribution in [3.63, 3.8) is 0 Å². The Hall–Kier alpha value is -0.710. The van der Waals surface area contributed by atoms with Crippen LogP contribution in [0.1, 0.15) is 26.2 Å². The van der Waals surface area contributed by atoms with Gasteiger partial charge in [0.2, 0.25) is 0 Å². The molecule has 1 rings (SSSR count). The van der Waals surface area contributed by atoms with Gasteiger partial charge in [0.05, 0.1) is 0 Å². The third-order valence-electron chi connectivity index (χ3n) is 1.93. The predicted molar refractivity (Wildman–Crippen MR) is 35.6 cm³/mol. The van der Waals surface area contributed by atoms with Crippen LogP contribution in [0.15, 0.2) is 0 Å². The average molecular weight is 124 g/mol. The van der Waals surface area contributed by atoms with Gasteiger partial charge in [-0.05, 0) is 26.2 Å². The molecule has 1 atom stereocenters. The number of nitrogens with zero attached hydrogens (tertiary/aromatic N) is 2. The van der Waals surface area contributed by atoms with Gasteiger partial charge in [-0.2, -0.15) is 5.26 Å². The molecule has 50 valence electrons. The molecule has 0 radical (unpaired) electrons.